The molecule has 10 heavy (non-hydrogen) atoms. The van der Waals surface area contributed by atoms with Crippen LogP contribution in [0.25, 0.3) is 0 Å². The summed E-state index contributed by atoms with van der Waals surface area (Å²) in [5.74, 6) is -0.393. The minimum Gasteiger partial charge on any atom is -0.502 e. The van der Waals surface area contributed by atoms with Gasteiger partial charge >= 0.3 is 0 Å². The lowest BCUT2D eigenvalue weighted by atomic mass is 10.3. The Kier molecular flexibility index (Phi) is 1.37. The van der Waals surface area contributed by atoms with Crippen LogP contribution in [0.15, 0.2) is 10.9 Å². The van der Waals surface area contributed by atoms with Crippen LogP contribution in [0.3, 0.4) is 0 Å². The normalized spacial score (nSPS) is 9.70. The maximum absolute atomic E-state index is 10.7. The molecule has 1 heterocycles. The maximum Gasteiger partial charge on any atom is 0.225 e. The number of nitrogens with one attached hydrogen (secondary N) is 1. The smallest absolute Gasteiger partial charge is 0.225 e. The minimum atomic E-state index is -0.450. The van der Waals surface area contributed by atoms with Gasteiger partial charge < -0.3 is 15.8 Å². The highest BCUT2D eigenvalue weighted by Gasteiger charge is 2.00. The largest absolute Gasteiger partial charge is 0.502 e. The molecule has 0 unspecified atom stereocenters. The molecule has 0 saturated carbocycles. The average Bonchev–Trinajstić information content (AvgIpc) is 1.82. The van der Waals surface area contributed by atoms with Crippen LogP contribution in [0.4, 0.5) is 5.82 Å². The summed E-state index contributed by atoms with van der Waals surface area (Å²) in [5, 5.41) is 8.86. The number of anilines is 1. The summed E-state index contributed by atoms with van der Waals surface area (Å²) in [6, 6.07) is 1.28. The lowest BCUT2D eigenvalue weighted by Gasteiger charge is -1.97. The number of aromatic amines is 1. The molecule has 4 heteroatoms. The van der Waals surface area contributed by atoms with E-state index in [4.69, 9.17) is 10.8 Å². The second-order valence-electron chi connectivity index (χ2n) is 2.08. The third-order valence-electron chi connectivity index (χ3n) is 1.17. The summed E-state index contributed by atoms with van der Waals surface area (Å²) in [7, 11) is 0. The number of nitrogens with two attached hydrogens (primary N) is 1. The van der Waals surface area contributed by atoms with Gasteiger partial charge in [-0.15, -0.1) is 0 Å². The van der Waals surface area contributed by atoms with E-state index in [1.54, 1.807) is 6.92 Å². The van der Waals surface area contributed by atoms with Crippen LogP contribution in [-0.2, 0) is 0 Å². The lowest BCUT2D eigenvalue weighted by Crippen LogP contribution is -2.05. The molecule has 1 rings (SSSR count). The summed E-state index contributed by atoms with van der Waals surface area (Å²) in [6.45, 7) is 1.69. The van der Waals surface area contributed by atoms with Crippen molar-refractivity contribution in [2.75, 3.05) is 5.73 Å². The number of hydrogen-bond donors (Lipinski definition) is 3. The van der Waals surface area contributed by atoms with Crippen molar-refractivity contribution in [2.45, 2.75) is 6.92 Å². The quantitative estimate of drug-likeness (QED) is 0.473. The Morgan fingerprint density at radius 1 is 1.70 bits per heavy atom. The van der Waals surface area contributed by atoms with Crippen LogP contribution in [0, 0.1) is 6.92 Å². The van der Waals surface area contributed by atoms with Gasteiger partial charge in [0.05, 0.1) is 0 Å². The number of aryl methyl sites for hydroxylation is 1. The molecule has 0 aliphatic carbocycles. The molecular weight excluding hydrogens is 132 g/mol. The van der Waals surface area contributed by atoms with Crippen molar-refractivity contribution in [3.8, 4) is 5.75 Å². The number of hydrogen-bond acceptors (Lipinski definition) is 3. The zero-order chi connectivity index (χ0) is 7.72. The number of aromatic hydroxyl groups is 1. The third kappa shape index (κ3) is 0.953. The number of rotatable bonds is 0. The fraction of sp³-hybridized carbons (Fsp3) is 0.167. The van der Waals surface area contributed by atoms with Gasteiger partial charge in [-0.1, -0.05) is 0 Å². The highest BCUT2D eigenvalue weighted by molar-refractivity contribution is 5.44. The van der Waals surface area contributed by atoms with E-state index in [1.165, 1.54) is 6.07 Å². The Balaban J connectivity index is 3.46. The fourth-order valence-electron chi connectivity index (χ4n) is 0.705. The first-order valence-electron chi connectivity index (χ1n) is 2.79. The highest BCUT2D eigenvalue weighted by atomic mass is 16.3. The molecule has 1 aromatic heterocycles. The zero-order valence-corrected chi connectivity index (χ0v) is 5.51. The van der Waals surface area contributed by atoms with E-state index in [9.17, 15) is 4.79 Å². The van der Waals surface area contributed by atoms with Gasteiger partial charge in [0.25, 0.3) is 0 Å². The predicted molar refractivity (Wildman–Crippen MR) is 37.9 cm³/mol. The average molecular weight is 140 g/mol. The number of H-pyrrole nitrogens is 1. The highest BCUT2D eigenvalue weighted by Crippen LogP contribution is 2.09. The second-order valence-corrected chi connectivity index (χ2v) is 2.08. The summed E-state index contributed by atoms with van der Waals surface area (Å²) < 4.78 is 0. The molecule has 0 radical (unpaired) electrons. The SMILES string of the molecule is Cc1cc(=O)c(O)c(N)[nH]1. The first-order valence-corrected chi connectivity index (χ1v) is 2.79. The van der Waals surface area contributed by atoms with Crippen LogP contribution in [0.1, 0.15) is 5.69 Å². The van der Waals surface area contributed by atoms with Crippen molar-refractivity contribution in [1.82, 2.24) is 4.98 Å². The molecule has 4 nitrogen and oxygen atoms in total. The third-order valence-corrected chi connectivity index (χ3v) is 1.17. The van der Waals surface area contributed by atoms with Gasteiger partial charge in [-0.3, -0.25) is 4.79 Å². The molecule has 54 valence electrons. The van der Waals surface area contributed by atoms with E-state index in [-0.39, 0.29) is 5.82 Å². The van der Waals surface area contributed by atoms with E-state index in [0.29, 0.717) is 5.69 Å². The Labute approximate surface area is 57.3 Å². The van der Waals surface area contributed by atoms with Crippen molar-refractivity contribution in [2.24, 2.45) is 0 Å². The standard InChI is InChI=1S/C6H8N2O2/c1-3-2-4(9)5(10)6(7)8-3/h2,10H,1H3,(H3,7,8,9). The molecular formula is C6H8N2O2. The molecule has 0 atom stereocenters. The van der Waals surface area contributed by atoms with E-state index in [2.05, 4.69) is 4.98 Å². The van der Waals surface area contributed by atoms with Crippen molar-refractivity contribution in [3.05, 3.63) is 22.0 Å². The molecule has 0 aliphatic heterocycles. The molecule has 0 saturated heterocycles. The number of nitrogen functional groups attached to an aromatic ring is 1. The van der Waals surface area contributed by atoms with Crippen molar-refractivity contribution in [3.63, 3.8) is 0 Å². The summed E-state index contributed by atoms with van der Waals surface area (Å²) in [4.78, 5) is 13.3. The topological polar surface area (TPSA) is 79.1 Å². The molecule has 0 bridgehead atoms. The van der Waals surface area contributed by atoms with Gasteiger partial charge in [-0.2, -0.15) is 0 Å². The molecule has 0 aromatic carbocycles. The van der Waals surface area contributed by atoms with Crippen molar-refractivity contribution >= 4 is 5.82 Å². The van der Waals surface area contributed by atoms with Crippen LogP contribution in [0.5, 0.6) is 5.75 Å². The Hall–Kier alpha value is -1.45. The lowest BCUT2D eigenvalue weighted by molar-refractivity contribution is 0.470. The van der Waals surface area contributed by atoms with E-state index in [1.807, 2.05) is 0 Å². The minimum absolute atomic E-state index is 0.0185. The summed E-state index contributed by atoms with van der Waals surface area (Å²) in [6.07, 6.45) is 0. The van der Waals surface area contributed by atoms with E-state index in [0.717, 1.165) is 0 Å². The first kappa shape index (κ1) is 6.67. The summed E-state index contributed by atoms with van der Waals surface area (Å²) in [5.41, 5.74) is 5.40. The van der Waals surface area contributed by atoms with E-state index >= 15 is 0 Å². The van der Waals surface area contributed by atoms with E-state index < -0.39 is 11.2 Å². The molecule has 0 amide bonds. The molecule has 0 fully saturated rings. The van der Waals surface area contributed by atoms with Gasteiger partial charge in [0.2, 0.25) is 11.2 Å². The van der Waals surface area contributed by atoms with Crippen LogP contribution in [-0.4, -0.2) is 10.1 Å². The van der Waals surface area contributed by atoms with Gasteiger partial charge in [-0.25, -0.2) is 0 Å². The molecule has 4 N–H and O–H groups in total. The van der Waals surface area contributed by atoms with Gasteiger partial charge in [-0.05, 0) is 6.92 Å². The van der Waals surface area contributed by atoms with Crippen LogP contribution in [0.2, 0.25) is 0 Å². The predicted octanol–water partition coefficient (Wildman–Crippen LogP) is -0.0289. The fourth-order valence-corrected chi connectivity index (χ4v) is 0.705. The molecule has 0 spiro atoms. The van der Waals surface area contributed by atoms with Crippen LogP contribution < -0.4 is 11.2 Å². The summed E-state index contributed by atoms with van der Waals surface area (Å²) >= 11 is 0. The van der Waals surface area contributed by atoms with Crippen LogP contribution >= 0.6 is 0 Å². The zero-order valence-electron chi connectivity index (χ0n) is 5.51. The molecule has 0 aliphatic rings. The van der Waals surface area contributed by atoms with Crippen molar-refractivity contribution in [1.29, 1.82) is 0 Å². The van der Waals surface area contributed by atoms with Gasteiger partial charge in [0.1, 0.15) is 5.82 Å². The number of aromatic nitrogens is 1. The Bertz CT molecular complexity index is 303. The van der Waals surface area contributed by atoms with Gasteiger partial charge in [0.15, 0.2) is 0 Å². The second kappa shape index (κ2) is 2.06. The first-order chi connectivity index (χ1) is 4.61. The number of pyridine rings is 1. The monoisotopic (exact) mass is 140 g/mol. The Morgan fingerprint density at radius 3 is 2.80 bits per heavy atom. The maximum atomic E-state index is 10.7. The molecule has 1 aromatic rings. The Morgan fingerprint density at radius 2 is 2.30 bits per heavy atom. The van der Waals surface area contributed by atoms with Crippen molar-refractivity contribution < 1.29 is 5.11 Å². The van der Waals surface area contributed by atoms with Gasteiger partial charge in [0, 0.05) is 11.8 Å².